The van der Waals surface area contributed by atoms with E-state index in [1.54, 1.807) is 11.4 Å². The van der Waals surface area contributed by atoms with Crippen LogP contribution < -0.4 is 21.9 Å². The topological polar surface area (TPSA) is 113 Å². The van der Waals surface area contributed by atoms with Crippen LogP contribution in [0.1, 0.15) is 32.6 Å². The molecule has 0 aromatic carbocycles. The van der Waals surface area contributed by atoms with E-state index in [0.29, 0.717) is 29.9 Å². The Labute approximate surface area is 160 Å². The molecule has 1 aliphatic rings. The maximum absolute atomic E-state index is 12.5. The summed E-state index contributed by atoms with van der Waals surface area (Å²) in [5.41, 5.74) is -0.0174. The van der Waals surface area contributed by atoms with Gasteiger partial charge in [0, 0.05) is 32.5 Å². The molecule has 0 bridgehead atoms. The van der Waals surface area contributed by atoms with Gasteiger partial charge in [0.15, 0.2) is 0 Å². The number of aromatic amines is 1. The number of aromatic nitrogens is 2. The Balaban J connectivity index is 1.53. The molecule has 9 heteroatoms. The predicted molar refractivity (Wildman–Crippen MR) is 104 cm³/mol. The molecule has 2 amide bonds. The lowest BCUT2D eigenvalue weighted by Crippen LogP contribution is -2.40. The largest absolute Gasteiger partial charge is 0.355 e. The van der Waals surface area contributed by atoms with Crippen LogP contribution in [0.3, 0.4) is 0 Å². The lowest BCUT2D eigenvalue weighted by atomic mass is 9.81. The van der Waals surface area contributed by atoms with Crippen molar-refractivity contribution in [2.75, 3.05) is 13.1 Å². The van der Waals surface area contributed by atoms with Crippen LogP contribution in [-0.2, 0) is 16.1 Å². The van der Waals surface area contributed by atoms with Crippen LogP contribution >= 0.6 is 11.3 Å². The average Bonchev–Trinajstić information content (AvgIpc) is 3.11. The highest BCUT2D eigenvalue weighted by atomic mass is 32.1. The fourth-order valence-corrected chi connectivity index (χ4v) is 4.37. The molecule has 1 aliphatic carbocycles. The van der Waals surface area contributed by atoms with E-state index in [0.717, 1.165) is 25.7 Å². The highest BCUT2D eigenvalue weighted by Crippen LogP contribution is 2.29. The second kappa shape index (κ2) is 8.51. The molecule has 0 aliphatic heterocycles. The summed E-state index contributed by atoms with van der Waals surface area (Å²) in [6, 6.07) is 1.74. The van der Waals surface area contributed by atoms with E-state index >= 15 is 0 Å². The van der Waals surface area contributed by atoms with Crippen molar-refractivity contribution in [1.82, 2.24) is 20.2 Å². The first-order chi connectivity index (χ1) is 13.0. The molecule has 8 nitrogen and oxygen atoms in total. The standard InChI is InChI=1S/C18H24N4O4S/c1-11(23)19-7-8-20-16(24)13-4-2-12(3-5-13)10-22-17(25)15-14(6-9-27-15)21-18(22)26/h6,9,12-13H,2-5,7-8,10H2,1H3,(H,19,23)(H,20,24)(H,21,26). The van der Waals surface area contributed by atoms with Crippen LogP contribution in [0.4, 0.5) is 0 Å². The summed E-state index contributed by atoms with van der Waals surface area (Å²) >= 11 is 1.33. The molecule has 1 fully saturated rings. The number of nitrogens with zero attached hydrogens (tertiary/aromatic N) is 1. The van der Waals surface area contributed by atoms with E-state index in [-0.39, 0.29) is 34.9 Å². The first-order valence-corrected chi connectivity index (χ1v) is 10.1. The van der Waals surface area contributed by atoms with Gasteiger partial charge in [-0.3, -0.25) is 19.0 Å². The Morgan fingerprint density at radius 3 is 2.59 bits per heavy atom. The molecule has 3 rings (SSSR count). The van der Waals surface area contributed by atoms with Crippen molar-refractivity contribution in [2.45, 2.75) is 39.2 Å². The maximum atomic E-state index is 12.5. The third-order valence-electron chi connectivity index (χ3n) is 5.05. The number of thiophene rings is 1. The molecule has 0 atom stereocenters. The van der Waals surface area contributed by atoms with Gasteiger partial charge < -0.3 is 15.6 Å². The Kier molecular flexibility index (Phi) is 6.10. The lowest BCUT2D eigenvalue weighted by molar-refractivity contribution is -0.126. The molecule has 0 unspecified atom stereocenters. The fraction of sp³-hybridized carbons (Fsp3) is 0.556. The molecule has 0 radical (unpaired) electrons. The van der Waals surface area contributed by atoms with Crippen molar-refractivity contribution in [3.05, 3.63) is 32.3 Å². The van der Waals surface area contributed by atoms with Crippen molar-refractivity contribution in [2.24, 2.45) is 11.8 Å². The normalized spacial score (nSPS) is 19.7. The van der Waals surface area contributed by atoms with E-state index in [4.69, 9.17) is 0 Å². The van der Waals surface area contributed by atoms with E-state index in [9.17, 15) is 19.2 Å². The van der Waals surface area contributed by atoms with Gasteiger partial charge in [-0.05, 0) is 43.0 Å². The van der Waals surface area contributed by atoms with Crippen molar-refractivity contribution >= 4 is 33.4 Å². The molecule has 1 saturated carbocycles. The SMILES string of the molecule is CC(=O)NCCNC(=O)C1CCC(Cn2c(=O)[nH]c3ccsc3c2=O)CC1. The van der Waals surface area contributed by atoms with Crippen LogP contribution in [-0.4, -0.2) is 34.5 Å². The van der Waals surface area contributed by atoms with Crippen LogP contribution in [0, 0.1) is 11.8 Å². The second-order valence-corrected chi connectivity index (χ2v) is 7.92. The molecular weight excluding hydrogens is 368 g/mol. The number of hydrogen-bond acceptors (Lipinski definition) is 5. The zero-order chi connectivity index (χ0) is 19.4. The van der Waals surface area contributed by atoms with Gasteiger partial charge in [-0.2, -0.15) is 0 Å². The van der Waals surface area contributed by atoms with Gasteiger partial charge in [-0.25, -0.2) is 4.79 Å². The molecule has 2 aromatic rings. The second-order valence-electron chi connectivity index (χ2n) is 7.00. The van der Waals surface area contributed by atoms with Crippen LogP contribution in [0.5, 0.6) is 0 Å². The first-order valence-electron chi connectivity index (χ1n) is 9.18. The van der Waals surface area contributed by atoms with Crippen LogP contribution in [0.15, 0.2) is 21.0 Å². The number of carbonyl (C=O) groups is 2. The number of amides is 2. The number of H-pyrrole nitrogens is 1. The molecule has 0 spiro atoms. The summed E-state index contributed by atoms with van der Waals surface area (Å²) in [6.45, 7) is 2.67. The van der Waals surface area contributed by atoms with Gasteiger partial charge in [0.25, 0.3) is 5.56 Å². The maximum Gasteiger partial charge on any atom is 0.328 e. The van der Waals surface area contributed by atoms with Crippen LogP contribution in [0.25, 0.3) is 10.2 Å². The van der Waals surface area contributed by atoms with E-state index in [2.05, 4.69) is 15.6 Å². The number of carbonyl (C=O) groups excluding carboxylic acids is 2. The van der Waals surface area contributed by atoms with Gasteiger partial charge in [0.1, 0.15) is 4.70 Å². The minimum atomic E-state index is -0.372. The third-order valence-corrected chi connectivity index (χ3v) is 5.95. The average molecular weight is 392 g/mol. The number of fused-ring (bicyclic) bond motifs is 1. The summed E-state index contributed by atoms with van der Waals surface area (Å²) in [6.07, 6.45) is 3.09. The molecule has 27 heavy (non-hydrogen) atoms. The number of rotatable bonds is 6. The Bertz CT molecular complexity index is 937. The summed E-state index contributed by atoms with van der Waals surface area (Å²) in [5.74, 6) is 0.0579. The molecule has 2 heterocycles. The summed E-state index contributed by atoms with van der Waals surface area (Å²) < 4.78 is 1.86. The van der Waals surface area contributed by atoms with E-state index in [1.807, 2.05) is 0 Å². The van der Waals surface area contributed by atoms with Gasteiger partial charge >= 0.3 is 5.69 Å². The summed E-state index contributed by atoms with van der Waals surface area (Å²) in [4.78, 5) is 50.5. The smallest absolute Gasteiger partial charge is 0.328 e. The summed E-state index contributed by atoms with van der Waals surface area (Å²) in [5, 5.41) is 7.28. The van der Waals surface area contributed by atoms with Gasteiger partial charge in [-0.1, -0.05) is 0 Å². The van der Waals surface area contributed by atoms with Crippen molar-refractivity contribution in [3.63, 3.8) is 0 Å². The molecule has 2 aromatic heterocycles. The van der Waals surface area contributed by atoms with Crippen LogP contribution in [0.2, 0.25) is 0 Å². The highest BCUT2D eigenvalue weighted by Gasteiger charge is 2.27. The minimum Gasteiger partial charge on any atom is -0.355 e. The molecular formula is C18H24N4O4S. The highest BCUT2D eigenvalue weighted by molar-refractivity contribution is 7.17. The van der Waals surface area contributed by atoms with Crippen molar-refractivity contribution in [3.8, 4) is 0 Å². The summed E-state index contributed by atoms with van der Waals surface area (Å²) in [7, 11) is 0. The van der Waals surface area contributed by atoms with Gasteiger partial charge in [0.2, 0.25) is 11.8 Å². The minimum absolute atomic E-state index is 0.00817. The molecule has 0 saturated heterocycles. The quantitative estimate of drug-likeness (QED) is 0.631. The Morgan fingerprint density at radius 1 is 1.19 bits per heavy atom. The fourth-order valence-electron chi connectivity index (χ4n) is 3.57. The predicted octanol–water partition coefficient (Wildman–Crippen LogP) is 0.810. The zero-order valence-corrected chi connectivity index (χ0v) is 16.1. The van der Waals surface area contributed by atoms with Gasteiger partial charge in [0.05, 0.1) is 5.52 Å². The first kappa shape index (κ1) is 19.3. The molecule has 3 N–H and O–H groups in total. The Hall–Kier alpha value is -2.42. The number of hydrogen-bond donors (Lipinski definition) is 3. The van der Waals surface area contributed by atoms with Gasteiger partial charge in [-0.15, -0.1) is 11.3 Å². The molecule has 146 valence electrons. The lowest BCUT2D eigenvalue weighted by Gasteiger charge is -2.28. The zero-order valence-electron chi connectivity index (χ0n) is 15.2. The Morgan fingerprint density at radius 2 is 1.89 bits per heavy atom. The van der Waals surface area contributed by atoms with Crippen molar-refractivity contribution < 1.29 is 9.59 Å². The monoisotopic (exact) mass is 392 g/mol. The third kappa shape index (κ3) is 4.65. The van der Waals surface area contributed by atoms with Crippen molar-refractivity contribution in [1.29, 1.82) is 0 Å². The van der Waals surface area contributed by atoms with E-state index < -0.39 is 0 Å². The number of nitrogens with one attached hydrogen (secondary N) is 3. The van der Waals surface area contributed by atoms with E-state index in [1.165, 1.54) is 22.8 Å².